The second-order valence-electron chi connectivity index (χ2n) is 4.62. The molecule has 2 amide bonds. The van der Waals surface area contributed by atoms with Gasteiger partial charge in [0.2, 0.25) is 5.91 Å². The van der Waals surface area contributed by atoms with Gasteiger partial charge in [-0.2, -0.15) is 0 Å². The first-order chi connectivity index (χ1) is 9.82. The average molecular weight is 313 g/mol. The largest absolute Gasteiger partial charge is 0.477 e. The van der Waals surface area contributed by atoms with Gasteiger partial charge in [-0.25, -0.2) is 9.59 Å². The summed E-state index contributed by atoms with van der Waals surface area (Å²) in [6, 6.07) is -0.660. The third-order valence-electron chi connectivity index (χ3n) is 3.11. The number of allylic oxidation sites excluding steroid dienone is 1. The fraction of sp³-hybridized carbons (Fsp3) is 0.417. The molecule has 0 aromatic carbocycles. The summed E-state index contributed by atoms with van der Waals surface area (Å²) in [5.41, 5.74) is 10.9. The number of nitrogens with zero attached hydrogens (tertiary/aromatic N) is 1. The predicted molar refractivity (Wildman–Crippen MR) is 75.0 cm³/mol. The molecule has 21 heavy (non-hydrogen) atoms. The van der Waals surface area contributed by atoms with E-state index in [-0.39, 0.29) is 11.1 Å². The quantitative estimate of drug-likeness (QED) is 0.601. The van der Waals surface area contributed by atoms with Gasteiger partial charge in [0.25, 0.3) is 0 Å². The van der Waals surface area contributed by atoms with Crippen LogP contribution in [-0.4, -0.2) is 51.2 Å². The monoisotopic (exact) mass is 313 g/mol. The number of fused-ring (bicyclic) bond motifs is 1. The van der Waals surface area contributed by atoms with Gasteiger partial charge >= 0.3 is 12.1 Å². The molecule has 0 saturated carbocycles. The number of aliphatic carboxylic acids is 1. The maximum absolute atomic E-state index is 11.7. The van der Waals surface area contributed by atoms with Gasteiger partial charge in [0, 0.05) is 5.75 Å². The zero-order valence-electron chi connectivity index (χ0n) is 11.2. The molecule has 1 fully saturated rings. The van der Waals surface area contributed by atoms with Crippen molar-refractivity contribution < 1.29 is 24.2 Å². The average Bonchev–Trinajstić information content (AvgIpc) is 2.42. The Balaban J connectivity index is 2.23. The number of amides is 2. The molecule has 2 aliphatic rings. The molecule has 9 heteroatoms. The first-order valence-electron chi connectivity index (χ1n) is 6.14. The number of nitrogens with two attached hydrogens (primary N) is 2. The molecule has 1 saturated heterocycles. The summed E-state index contributed by atoms with van der Waals surface area (Å²) in [6.45, 7) is 1.59. The van der Waals surface area contributed by atoms with E-state index in [4.69, 9.17) is 16.2 Å². The number of thioether (sulfide) groups is 1. The summed E-state index contributed by atoms with van der Waals surface area (Å²) in [6.07, 6.45) is 1.52. The van der Waals surface area contributed by atoms with E-state index < -0.39 is 30.1 Å². The number of ether oxygens (including phenoxy) is 1. The van der Waals surface area contributed by atoms with E-state index in [0.29, 0.717) is 11.3 Å². The fourth-order valence-corrected chi connectivity index (χ4v) is 3.41. The van der Waals surface area contributed by atoms with Gasteiger partial charge in [-0.1, -0.05) is 6.08 Å². The van der Waals surface area contributed by atoms with Crippen LogP contribution in [0.5, 0.6) is 0 Å². The lowest BCUT2D eigenvalue weighted by molar-refractivity contribution is -0.147. The topological polar surface area (TPSA) is 136 Å². The van der Waals surface area contributed by atoms with E-state index in [1.807, 2.05) is 0 Å². The Kier molecular flexibility index (Phi) is 4.24. The van der Waals surface area contributed by atoms with Crippen LogP contribution < -0.4 is 11.5 Å². The molecule has 3 atom stereocenters. The van der Waals surface area contributed by atoms with E-state index >= 15 is 0 Å². The highest BCUT2D eigenvalue weighted by atomic mass is 32.2. The highest BCUT2D eigenvalue weighted by Gasteiger charge is 2.51. The maximum atomic E-state index is 11.7. The van der Waals surface area contributed by atoms with E-state index in [2.05, 4.69) is 0 Å². The van der Waals surface area contributed by atoms with Crippen LogP contribution in [0.4, 0.5) is 4.79 Å². The smallest absolute Gasteiger partial charge is 0.405 e. The molecule has 0 aromatic heterocycles. The van der Waals surface area contributed by atoms with Gasteiger partial charge in [0.15, 0.2) is 0 Å². The summed E-state index contributed by atoms with van der Waals surface area (Å²) in [5.74, 6) is -1.19. The molecule has 8 nitrogen and oxygen atoms in total. The second kappa shape index (κ2) is 5.78. The highest BCUT2D eigenvalue weighted by molar-refractivity contribution is 8.00. The standard InChI is InChI=1S/C12H15N3O5S/c1-5(20-12(14)19)2-3-6-4-21-10-7(13)9(16)15(10)8(6)11(17)18/h2-3,5,7,10H,4,13H2,1H3,(H2,14,19)(H,17,18)/b3-2-/t5-,7+,10+/m0/s1. The molecular formula is C12H15N3O5S. The van der Waals surface area contributed by atoms with Crippen LogP contribution in [0.1, 0.15) is 6.92 Å². The lowest BCUT2D eigenvalue weighted by Crippen LogP contribution is -2.68. The number of carboxylic acids is 1. The van der Waals surface area contributed by atoms with Gasteiger partial charge in [-0.05, 0) is 18.6 Å². The first-order valence-corrected chi connectivity index (χ1v) is 7.18. The molecular weight excluding hydrogens is 298 g/mol. The Bertz CT molecular complexity index is 559. The van der Waals surface area contributed by atoms with E-state index in [0.717, 1.165) is 0 Å². The van der Waals surface area contributed by atoms with Crippen molar-refractivity contribution in [1.29, 1.82) is 0 Å². The molecule has 2 rings (SSSR count). The highest BCUT2D eigenvalue weighted by Crippen LogP contribution is 2.39. The summed E-state index contributed by atoms with van der Waals surface area (Å²) < 4.78 is 4.71. The number of hydrogen-bond donors (Lipinski definition) is 3. The van der Waals surface area contributed by atoms with Crippen molar-refractivity contribution in [3.63, 3.8) is 0 Å². The first kappa shape index (κ1) is 15.4. The molecule has 0 aromatic rings. The molecule has 0 bridgehead atoms. The van der Waals surface area contributed by atoms with Crippen LogP contribution in [0.25, 0.3) is 0 Å². The molecule has 0 aliphatic carbocycles. The van der Waals surface area contributed by atoms with Crippen molar-refractivity contribution in [2.45, 2.75) is 24.4 Å². The molecule has 2 aliphatic heterocycles. The molecule has 0 radical (unpaired) electrons. The minimum atomic E-state index is -1.19. The SMILES string of the molecule is C[C@@H](/C=C\C1=C(C(=O)O)N2C(=O)[C@@H](N)[C@H]2SC1)OC(N)=O. The van der Waals surface area contributed by atoms with E-state index in [1.165, 1.54) is 28.8 Å². The summed E-state index contributed by atoms with van der Waals surface area (Å²) >= 11 is 1.39. The zero-order valence-corrected chi connectivity index (χ0v) is 12.0. The summed E-state index contributed by atoms with van der Waals surface area (Å²) in [7, 11) is 0. The van der Waals surface area contributed by atoms with Crippen LogP contribution >= 0.6 is 11.8 Å². The second-order valence-corrected chi connectivity index (χ2v) is 5.72. The van der Waals surface area contributed by atoms with Crippen molar-refractivity contribution in [3.05, 3.63) is 23.4 Å². The Morgan fingerprint density at radius 1 is 1.57 bits per heavy atom. The van der Waals surface area contributed by atoms with Gasteiger partial charge in [-0.15, -0.1) is 11.8 Å². The Morgan fingerprint density at radius 2 is 2.24 bits per heavy atom. The third kappa shape index (κ3) is 2.88. The van der Waals surface area contributed by atoms with Crippen molar-refractivity contribution >= 4 is 29.7 Å². The van der Waals surface area contributed by atoms with E-state index in [9.17, 15) is 19.5 Å². The molecule has 0 spiro atoms. The van der Waals surface area contributed by atoms with Crippen LogP contribution in [0.2, 0.25) is 0 Å². The van der Waals surface area contributed by atoms with Crippen LogP contribution in [-0.2, 0) is 14.3 Å². The number of carbonyl (C=O) groups is 3. The Hall–Kier alpha value is -2.00. The number of hydrogen-bond acceptors (Lipinski definition) is 6. The third-order valence-corrected chi connectivity index (χ3v) is 4.44. The Labute approximate surface area is 124 Å². The number of primary amides is 1. The van der Waals surface area contributed by atoms with Crippen LogP contribution in [0, 0.1) is 0 Å². The summed E-state index contributed by atoms with van der Waals surface area (Å²) in [5, 5.41) is 8.97. The number of β-lactam (4-membered cyclic amide) rings is 1. The molecule has 5 N–H and O–H groups in total. The molecule has 2 heterocycles. The van der Waals surface area contributed by atoms with Crippen molar-refractivity contribution in [3.8, 4) is 0 Å². The van der Waals surface area contributed by atoms with Crippen LogP contribution in [0.3, 0.4) is 0 Å². The van der Waals surface area contributed by atoms with E-state index in [1.54, 1.807) is 6.92 Å². The van der Waals surface area contributed by atoms with Gasteiger partial charge in [-0.3, -0.25) is 9.69 Å². The van der Waals surface area contributed by atoms with Crippen LogP contribution in [0.15, 0.2) is 23.4 Å². The van der Waals surface area contributed by atoms with Crippen molar-refractivity contribution in [2.24, 2.45) is 11.5 Å². The minimum absolute atomic E-state index is 0.0759. The normalized spacial score (nSPS) is 26.4. The zero-order chi connectivity index (χ0) is 15.7. The predicted octanol–water partition coefficient (Wildman–Crippen LogP) is -0.392. The summed E-state index contributed by atoms with van der Waals surface area (Å²) in [4.78, 5) is 34.9. The van der Waals surface area contributed by atoms with Gasteiger partial charge in [0.1, 0.15) is 23.2 Å². The van der Waals surface area contributed by atoms with Gasteiger partial charge in [0.05, 0.1) is 0 Å². The van der Waals surface area contributed by atoms with Gasteiger partial charge < -0.3 is 21.3 Å². The Morgan fingerprint density at radius 3 is 2.81 bits per heavy atom. The maximum Gasteiger partial charge on any atom is 0.405 e. The fourth-order valence-electron chi connectivity index (χ4n) is 2.14. The lowest BCUT2D eigenvalue weighted by atomic mass is 10.0. The molecule has 0 unspecified atom stereocenters. The number of carboxylic acid groups (broad SMARTS) is 1. The number of rotatable bonds is 4. The van der Waals surface area contributed by atoms with Crippen molar-refractivity contribution in [2.75, 3.05) is 5.75 Å². The molecule has 114 valence electrons. The lowest BCUT2D eigenvalue weighted by Gasteiger charge is -2.47. The minimum Gasteiger partial charge on any atom is -0.477 e. The number of carbonyl (C=O) groups excluding carboxylic acids is 2. The van der Waals surface area contributed by atoms with Crippen molar-refractivity contribution in [1.82, 2.24) is 4.90 Å².